The van der Waals surface area contributed by atoms with Crippen molar-refractivity contribution >= 4 is 29.9 Å². The van der Waals surface area contributed by atoms with E-state index < -0.39 is 6.10 Å². The first-order valence-corrected chi connectivity index (χ1v) is 9.88. The third-order valence-electron chi connectivity index (χ3n) is 4.84. The second-order valence-electron chi connectivity index (χ2n) is 6.89. The van der Waals surface area contributed by atoms with Crippen LogP contribution in [0, 0.1) is 0 Å². The molecule has 0 aliphatic carbocycles. The maximum atomic E-state index is 10.6. The number of hydrogen-bond donors (Lipinski definition) is 3. The number of likely N-dealkylation sites (tertiary alicyclic amines) is 1. The van der Waals surface area contributed by atoms with Gasteiger partial charge in [0.05, 0.1) is 26.9 Å². The van der Waals surface area contributed by atoms with Gasteiger partial charge in [-0.05, 0) is 37.5 Å². The highest BCUT2D eigenvalue weighted by Crippen LogP contribution is 2.26. The minimum Gasteiger partial charge on any atom is -0.497 e. The van der Waals surface area contributed by atoms with Gasteiger partial charge in [0.2, 0.25) is 0 Å². The van der Waals surface area contributed by atoms with Crippen molar-refractivity contribution in [1.29, 1.82) is 0 Å². The second kappa shape index (κ2) is 13.7. The first-order valence-electron chi connectivity index (χ1n) is 9.88. The molecule has 0 bridgehead atoms. The van der Waals surface area contributed by atoms with E-state index in [1.165, 1.54) is 0 Å². The summed E-state index contributed by atoms with van der Waals surface area (Å²) in [6.45, 7) is 9.91. The predicted octanol–water partition coefficient (Wildman–Crippen LogP) is 2.56. The Morgan fingerprint density at radius 1 is 1.28 bits per heavy atom. The van der Waals surface area contributed by atoms with Crippen molar-refractivity contribution in [2.75, 3.05) is 46.9 Å². The summed E-state index contributed by atoms with van der Waals surface area (Å²) >= 11 is 0. The molecule has 0 amide bonds. The highest BCUT2D eigenvalue weighted by molar-refractivity contribution is 14.0. The summed E-state index contributed by atoms with van der Waals surface area (Å²) < 4.78 is 10.6. The Morgan fingerprint density at radius 3 is 2.41 bits per heavy atom. The number of rotatable bonds is 9. The number of aliphatic imine (C=N–C) groups is 1. The van der Waals surface area contributed by atoms with Crippen LogP contribution in [0.4, 0.5) is 0 Å². The van der Waals surface area contributed by atoms with Gasteiger partial charge in [-0.1, -0.05) is 6.08 Å². The third kappa shape index (κ3) is 8.39. The van der Waals surface area contributed by atoms with Crippen molar-refractivity contribution in [2.24, 2.45) is 4.99 Å². The van der Waals surface area contributed by atoms with E-state index in [4.69, 9.17) is 9.47 Å². The Balaban J connectivity index is 0.00000420. The van der Waals surface area contributed by atoms with E-state index in [1.807, 2.05) is 13.0 Å². The van der Waals surface area contributed by atoms with Gasteiger partial charge in [0.1, 0.15) is 11.5 Å². The van der Waals surface area contributed by atoms with Gasteiger partial charge in [0.15, 0.2) is 5.96 Å². The van der Waals surface area contributed by atoms with Crippen LogP contribution in [0.3, 0.4) is 0 Å². The molecule has 1 heterocycles. The molecule has 0 spiro atoms. The summed E-state index contributed by atoms with van der Waals surface area (Å²) in [7, 11) is 3.19. The Hall–Kier alpha value is -1.52. The Morgan fingerprint density at radius 2 is 1.90 bits per heavy atom. The molecule has 2 rings (SSSR count). The minimum atomic E-state index is -0.742. The predicted molar refractivity (Wildman–Crippen MR) is 129 cm³/mol. The summed E-state index contributed by atoms with van der Waals surface area (Å²) in [6.07, 6.45) is 3.34. The van der Waals surface area contributed by atoms with Crippen LogP contribution < -0.4 is 20.1 Å². The number of halogens is 1. The lowest BCUT2D eigenvalue weighted by Crippen LogP contribution is -2.48. The SMILES string of the molecule is C=CCN1CCC(NC(=NCC(O)c2cc(OC)cc(OC)c2)NCC)CC1.I. The van der Waals surface area contributed by atoms with E-state index in [0.717, 1.165) is 45.0 Å². The standard InChI is InChI=1S/C21H34N4O3.HI/c1-5-9-25-10-7-17(8-11-25)24-21(22-6-2)23-15-20(26)16-12-18(27-3)14-19(13-16)28-4;/h5,12-14,17,20,26H,1,6-11,15H2,2-4H3,(H2,22,23,24);1H. The number of nitrogens with one attached hydrogen (secondary N) is 2. The number of hydrogen-bond acceptors (Lipinski definition) is 5. The molecular weight excluding hydrogens is 483 g/mol. The molecule has 1 aromatic rings. The molecule has 8 heteroatoms. The lowest BCUT2D eigenvalue weighted by molar-refractivity contribution is 0.186. The van der Waals surface area contributed by atoms with Crippen LogP contribution in [-0.4, -0.2) is 69.0 Å². The molecule has 7 nitrogen and oxygen atoms in total. The molecule has 164 valence electrons. The normalized spacial score (nSPS) is 16.5. The number of nitrogens with zero attached hydrogens (tertiary/aromatic N) is 2. The molecule has 1 aliphatic rings. The zero-order valence-electron chi connectivity index (χ0n) is 17.7. The van der Waals surface area contributed by atoms with Gasteiger partial charge < -0.3 is 25.2 Å². The zero-order chi connectivity index (χ0) is 20.4. The van der Waals surface area contributed by atoms with Gasteiger partial charge in [0, 0.05) is 38.3 Å². The van der Waals surface area contributed by atoms with Gasteiger partial charge in [-0.25, -0.2) is 0 Å². The Labute approximate surface area is 191 Å². The van der Waals surface area contributed by atoms with E-state index in [9.17, 15) is 5.11 Å². The van der Waals surface area contributed by atoms with Crippen LogP contribution in [0.15, 0.2) is 35.8 Å². The number of piperidine rings is 1. The van der Waals surface area contributed by atoms with E-state index in [0.29, 0.717) is 23.1 Å². The third-order valence-corrected chi connectivity index (χ3v) is 4.84. The average Bonchev–Trinajstić information content (AvgIpc) is 2.73. The van der Waals surface area contributed by atoms with Gasteiger partial charge in [0.25, 0.3) is 0 Å². The van der Waals surface area contributed by atoms with Gasteiger partial charge in [-0.3, -0.25) is 9.89 Å². The highest BCUT2D eigenvalue weighted by atomic mass is 127. The smallest absolute Gasteiger partial charge is 0.191 e. The fraction of sp³-hybridized carbons (Fsp3) is 0.571. The van der Waals surface area contributed by atoms with Gasteiger partial charge in [-0.15, -0.1) is 30.6 Å². The Kier molecular flexibility index (Phi) is 12.0. The number of methoxy groups -OCH3 is 2. The number of aliphatic hydroxyl groups is 1. The fourth-order valence-corrected chi connectivity index (χ4v) is 3.26. The molecular formula is C21H35IN4O3. The van der Waals surface area contributed by atoms with Crippen LogP contribution in [0.25, 0.3) is 0 Å². The first-order chi connectivity index (χ1) is 13.6. The number of aliphatic hydroxyl groups excluding tert-OH is 1. The largest absolute Gasteiger partial charge is 0.497 e. The molecule has 29 heavy (non-hydrogen) atoms. The second-order valence-corrected chi connectivity index (χ2v) is 6.89. The fourth-order valence-electron chi connectivity index (χ4n) is 3.26. The van der Waals surface area contributed by atoms with Crippen LogP contribution in [0.5, 0.6) is 11.5 Å². The summed E-state index contributed by atoms with van der Waals surface area (Å²) in [6, 6.07) is 5.77. The Bertz CT molecular complexity index is 627. The average molecular weight is 518 g/mol. The van der Waals surface area contributed by atoms with Crippen molar-refractivity contribution in [2.45, 2.75) is 31.9 Å². The maximum Gasteiger partial charge on any atom is 0.191 e. The van der Waals surface area contributed by atoms with Crippen LogP contribution in [0.2, 0.25) is 0 Å². The van der Waals surface area contributed by atoms with E-state index in [2.05, 4.69) is 27.1 Å². The highest BCUT2D eigenvalue weighted by Gasteiger charge is 2.19. The molecule has 0 saturated carbocycles. The monoisotopic (exact) mass is 518 g/mol. The summed E-state index contributed by atoms with van der Waals surface area (Å²) in [4.78, 5) is 6.98. The molecule has 1 aliphatic heterocycles. The summed E-state index contributed by atoms with van der Waals surface area (Å²) in [5, 5.41) is 17.4. The molecule has 1 atom stereocenters. The minimum absolute atomic E-state index is 0. The molecule has 1 saturated heterocycles. The van der Waals surface area contributed by atoms with Crippen LogP contribution in [0.1, 0.15) is 31.4 Å². The van der Waals surface area contributed by atoms with Crippen LogP contribution >= 0.6 is 24.0 Å². The van der Waals surface area contributed by atoms with Gasteiger partial charge in [-0.2, -0.15) is 0 Å². The van der Waals surface area contributed by atoms with Gasteiger partial charge >= 0.3 is 0 Å². The molecule has 0 radical (unpaired) electrons. The van der Waals surface area contributed by atoms with Crippen LogP contribution in [-0.2, 0) is 0 Å². The first kappa shape index (κ1) is 25.5. The summed E-state index contributed by atoms with van der Waals surface area (Å²) in [5.41, 5.74) is 0.716. The van der Waals surface area contributed by atoms with E-state index in [-0.39, 0.29) is 30.5 Å². The maximum absolute atomic E-state index is 10.6. The number of benzene rings is 1. The number of ether oxygens (including phenoxy) is 2. The van der Waals surface area contributed by atoms with Crippen molar-refractivity contribution in [3.8, 4) is 11.5 Å². The van der Waals surface area contributed by atoms with Crippen molar-refractivity contribution in [3.63, 3.8) is 0 Å². The molecule has 1 unspecified atom stereocenters. The lowest BCUT2D eigenvalue weighted by Gasteiger charge is -2.32. The molecule has 1 fully saturated rings. The molecule has 1 aromatic carbocycles. The van der Waals surface area contributed by atoms with Crippen molar-refractivity contribution < 1.29 is 14.6 Å². The molecule has 0 aromatic heterocycles. The molecule has 3 N–H and O–H groups in total. The van der Waals surface area contributed by atoms with E-state index >= 15 is 0 Å². The van der Waals surface area contributed by atoms with E-state index in [1.54, 1.807) is 32.4 Å². The summed E-state index contributed by atoms with van der Waals surface area (Å²) in [5.74, 6) is 2.03. The quantitative estimate of drug-likeness (QED) is 0.202. The topological polar surface area (TPSA) is 78.4 Å². The van der Waals surface area contributed by atoms with Crippen molar-refractivity contribution in [3.05, 3.63) is 36.4 Å². The lowest BCUT2D eigenvalue weighted by atomic mass is 10.1. The number of guanidine groups is 1. The van der Waals surface area contributed by atoms with Crippen molar-refractivity contribution in [1.82, 2.24) is 15.5 Å². The zero-order valence-corrected chi connectivity index (χ0v) is 20.0.